The number of benzene rings is 2. The van der Waals surface area contributed by atoms with Crippen LogP contribution in [0.2, 0.25) is 0 Å². The van der Waals surface area contributed by atoms with Gasteiger partial charge >= 0.3 is 5.97 Å². The molecule has 2 nitrogen and oxygen atoms in total. The van der Waals surface area contributed by atoms with E-state index in [1.54, 1.807) is 0 Å². The normalized spacial score (nSPS) is 38.3. The van der Waals surface area contributed by atoms with Crippen LogP contribution >= 0.6 is 0 Å². The van der Waals surface area contributed by atoms with E-state index in [9.17, 15) is 4.79 Å². The summed E-state index contributed by atoms with van der Waals surface area (Å²) in [5.74, 6) is 0.787. The molecule has 2 saturated carbocycles. The number of hydrogen-bond acceptors (Lipinski definition) is 2. The second kappa shape index (κ2) is 4.01. The fourth-order valence-electron chi connectivity index (χ4n) is 5.59. The van der Waals surface area contributed by atoms with Crippen LogP contribution in [-0.2, 0) is 14.9 Å². The summed E-state index contributed by atoms with van der Waals surface area (Å²) in [6.07, 6.45) is 2.22. The van der Waals surface area contributed by atoms with Crippen molar-refractivity contribution in [3.05, 3.63) is 71.8 Å². The molecule has 2 heteroatoms. The Labute approximate surface area is 130 Å². The molecular weight excluding hydrogens is 272 g/mol. The van der Waals surface area contributed by atoms with Crippen molar-refractivity contribution >= 4 is 5.97 Å². The van der Waals surface area contributed by atoms with E-state index in [1.165, 1.54) is 11.1 Å². The van der Waals surface area contributed by atoms with Gasteiger partial charge in [0.2, 0.25) is 0 Å². The highest BCUT2D eigenvalue weighted by Gasteiger charge is 2.89. The maximum Gasteiger partial charge on any atom is 0.314 e. The van der Waals surface area contributed by atoms with Crippen LogP contribution in [0.3, 0.4) is 0 Å². The average Bonchev–Trinajstić information content (AvgIpc) is 2.85. The van der Waals surface area contributed by atoms with E-state index in [1.807, 2.05) is 12.1 Å². The molecule has 0 N–H and O–H groups in total. The molecule has 1 spiro atoms. The first-order valence-corrected chi connectivity index (χ1v) is 8.09. The number of rotatable bonds is 2. The first-order chi connectivity index (χ1) is 10.8. The molecule has 0 amide bonds. The Kier molecular flexibility index (Phi) is 2.27. The van der Waals surface area contributed by atoms with E-state index >= 15 is 0 Å². The standard InChI is InChI=1S/C20H18O2/c21-18-20-16(14-7-3-1-4-8-14)11-12-17(20)19(20,13-22-18)15-9-5-2-6-10-15/h1-10,16-17H,11-13H2/t16?,17?,19-,20?/m1/s1. The Hall–Kier alpha value is -2.09. The number of cyclic esters (lactones) is 1. The van der Waals surface area contributed by atoms with Gasteiger partial charge in [0.1, 0.15) is 6.61 Å². The summed E-state index contributed by atoms with van der Waals surface area (Å²) in [5, 5.41) is 0. The van der Waals surface area contributed by atoms with Gasteiger partial charge in [0.05, 0.1) is 10.8 Å². The van der Waals surface area contributed by atoms with Crippen molar-refractivity contribution in [2.24, 2.45) is 11.3 Å². The Morgan fingerprint density at radius 1 is 0.909 bits per heavy atom. The molecular formula is C20H18O2. The van der Waals surface area contributed by atoms with E-state index in [2.05, 4.69) is 48.5 Å². The summed E-state index contributed by atoms with van der Waals surface area (Å²) >= 11 is 0. The average molecular weight is 290 g/mol. The summed E-state index contributed by atoms with van der Waals surface area (Å²) in [6.45, 7) is 0.559. The third-order valence-electron chi connectivity index (χ3n) is 6.35. The summed E-state index contributed by atoms with van der Waals surface area (Å²) in [5.41, 5.74) is 2.19. The number of fused-ring (bicyclic) bond motifs is 1. The first-order valence-electron chi connectivity index (χ1n) is 8.09. The van der Waals surface area contributed by atoms with E-state index in [0.29, 0.717) is 18.4 Å². The first kappa shape index (κ1) is 12.5. The molecule has 22 heavy (non-hydrogen) atoms. The van der Waals surface area contributed by atoms with E-state index in [4.69, 9.17) is 4.74 Å². The summed E-state index contributed by atoms with van der Waals surface area (Å²) in [4.78, 5) is 12.8. The van der Waals surface area contributed by atoms with Crippen molar-refractivity contribution in [1.29, 1.82) is 0 Å². The monoisotopic (exact) mass is 290 g/mol. The Morgan fingerprint density at radius 3 is 2.32 bits per heavy atom. The molecule has 2 aliphatic carbocycles. The molecule has 3 unspecified atom stereocenters. The smallest absolute Gasteiger partial charge is 0.314 e. The van der Waals surface area contributed by atoms with E-state index < -0.39 is 0 Å². The molecule has 110 valence electrons. The van der Waals surface area contributed by atoms with Gasteiger partial charge < -0.3 is 4.74 Å². The highest BCUT2D eigenvalue weighted by atomic mass is 16.5. The number of hydrogen-bond donors (Lipinski definition) is 0. The predicted molar refractivity (Wildman–Crippen MR) is 83.4 cm³/mol. The molecule has 1 aliphatic heterocycles. The minimum absolute atomic E-state index is 0.0349. The maximum atomic E-state index is 12.8. The van der Waals surface area contributed by atoms with Gasteiger partial charge in [-0.05, 0) is 29.9 Å². The molecule has 1 saturated heterocycles. The maximum absolute atomic E-state index is 12.8. The van der Waals surface area contributed by atoms with Crippen molar-refractivity contribution in [1.82, 2.24) is 0 Å². The number of carbonyl (C=O) groups excluding carboxylic acids is 1. The van der Waals surface area contributed by atoms with Gasteiger partial charge in [0.15, 0.2) is 0 Å². The van der Waals surface area contributed by atoms with Crippen LogP contribution in [0, 0.1) is 11.3 Å². The van der Waals surface area contributed by atoms with E-state index in [0.717, 1.165) is 12.8 Å². The van der Waals surface area contributed by atoms with Gasteiger partial charge in [0.25, 0.3) is 0 Å². The van der Waals surface area contributed by atoms with Crippen molar-refractivity contribution in [3.63, 3.8) is 0 Å². The summed E-state index contributed by atoms with van der Waals surface area (Å²) in [7, 11) is 0. The number of ether oxygens (including phenoxy) is 1. The van der Waals surface area contributed by atoms with Gasteiger partial charge in [-0.25, -0.2) is 0 Å². The molecule has 1 heterocycles. The molecule has 5 rings (SSSR count). The molecule has 0 bridgehead atoms. The van der Waals surface area contributed by atoms with Gasteiger partial charge in [0, 0.05) is 5.92 Å². The lowest BCUT2D eigenvalue weighted by molar-refractivity contribution is -0.145. The lowest BCUT2D eigenvalue weighted by Crippen LogP contribution is -2.26. The zero-order valence-corrected chi connectivity index (χ0v) is 12.4. The highest BCUT2D eigenvalue weighted by molar-refractivity contribution is 5.91. The minimum Gasteiger partial charge on any atom is -0.464 e. The molecule has 3 fully saturated rings. The zero-order chi connectivity index (χ0) is 14.8. The SMILES string of the molecule is O=C1OC[C@@]2(c3ccccc3)C3CCC(c4ccccc4)C132. The van der Waals surface area contributed by atoms with Gasteiger partial charge in [-0.3, -0.25) is 4.79 Å². The molecule has 3 aliphatic rings. The minimum atomic E-state index is -0.310. The molecule has 4 atom stereocenters. The molecule has 2 aromatic carbocycles. The number of carbonyl (C=O) groups is 1. The van der Waals surface area contributed by atoms with Gasteiger partial charge in [-0.1, -0.05) is 60.7 Å². The van der Waals surface area contributed by atoms with Crippen LogP contribution in [0.1, 0.15) is 29.9 Å². The molecule has 2 aromatic rings. The second-order valence-corrected chi connectivity index (χ2v) is 6.88. The van der Waals surface area contributed by atoms with Crippen LogP contribution < -0.4 is 0 Å². The summed E-state index contributed by atoms with van der Waals surface area (Å²) in [6, 6.07) is 21.1. The van der Waals surface area contributed by atoms with Gasteiger partial charge in [-0.2, -0.15) is 0 Å². The second-order valence-electron chi connectivity index (χ2n) is 6.88. The zero-order valence-electron chi connectivity index (χ0n) is 12.4. The fraction of sp³-hybridized carbons (Fsp3) is 0.350. The van der Waals surface area contributed by atoms with Crippen LogP contribution in [0.5, 0.6) is 0 Å². The van der Waals surface area contributed by atoms with Crippen molar-refractivity contribution < 1.29 is 9.53 Å². The lowest BCUT2D eigenvalue weighted by atomic mass is 9.75. The number of esters is 1. The Morgan fingerprint density at radius 2 is 1.59 bits per heavy atom. The van der Waals surface area contributed by atoms with Gasteiger partial charge in [-0.15, -0.1) is 0 Å². The largest absolute Gasteiger partial charge is 0.464 e. The predicted octanol–water partition coefficient (Wildman–Crippen LogP) is 3.68. The van der Waals surface area contributed by atoms with Crippen molar-refractivity contribution in [2.45, 2.75) is 24.2 Å². The topological polar surface area (TPSA) is 26.3 Å². The van der Waals surface area contributed by atoms with Crippen LogP contribution in [0.25, 0.3) is 0 Å². The van der Waals surface area contributed by atoms with Crippen molar-refractivity contribution in [3.8, 4) is 0 Å². The quantitative estimate of drug-likeness (QED) is 0.789. The fourth-order valence-corrected chi connectivity index (χ4v) is 5.59. The van der Waals surface area contributed by atoms with Crippen molar-refractivity contribution in [2.75, 3.05) is 6.61 Å². The van der Waals surface area contributed by atoms with Crippen LogP contribution in [0.15, 0.2) is 60.7 Å². The summed E-state index contributed by atoms with van der Waals surface area (Å²) < 4.78 is 5.59. The molecule has 0 radical (unpaired) electrons. The van der Waals surface area contributed by atoms with E-state index in [-0.39, 0.29) is 16.8 Å². The third-order valence-corrected chi connectivity index (χ3v) is 6.35. The third kappa shape index (κ3) is 1.18. The Bertz CT molecular complexity index is 739. The van der Waals surface area contributed by atoms with Crippen LogP contribution in [0.4, 0.5) is 0 Å². The Balaban J connectivity index is 1.67. The lowest BCUT2D eigenvalue weighted by Gasteiger charge is -2.24. The highest BCUT2D eigenvalue weighted by Crippen LogP contribution is 2.83. The molecule has 0 aromatic heterocycles. The van der Waals surface area contributed by atoms with Crippen LogP contribution in [-0.4, -0.2) is 12.6 Å².